The van der Waals surface area contributed by atoms with Crippen molar-refractivity contribution in [1.29, 1.82) is 0 Å². The minimum absolute atomic E-state index is 0.144. The molecule has 160 valence electrons. The third kappa shape index (κ3) is 5.41. The second kappa shape index (κ2) is 9.48. The number of ether oxygens (including phenoxy) is 1. The lowest BCUT2D eigenvalue weighted by atomic mass is 10.3. The minimum atomic E-state index is -3.56. The van der Waals surface area contributed by atoms with Crippen LogP contribution < -0.4 is 15.5 Å². The summed E-state index contributed by atoms with van der Waals surface area (Å²) in [6.07, 6.45) is 1.39. The fourth-order valence-corrected chi connectivity index (χ4v) is 4.57. The van der Waals surface area contributed by atoms with Crippen LogP contribution in [0.4, 0.5) is 10.6 Å². The van der Waals surface area contributed by atoms with Gasteiger partial charge in [0.1, 0.15) is 10.7 Å². The molecule has 2 saturated heterocycles. The summed E-state index contributed by atoms with van der Waals surface area (Å²) in [6.45, 7) is 4.20. The number of rotatable bonds is 5. The average molecular weight is 426 g/mol. The molecule has 2 aliphatic rings. The second-order valence-electron chi connectivity index (χ2n) is 6.76. The van der Waals surface area contributed by atoms with Crippen molar-refractivity contribution >= 4 is 27.8 Å². The van der Waals surface area contributed by atoms with E-state index in [0.29, 0.717) is 58.3 Å². The van der Waals surface area contributed by atoms with Gasteiger partial charge in [-0.3, -0.25) is 15.0 Å². The highest BCUT2D eigenvalue weighted by Gasteiger charge is 2.27. The Morgan fingerprint density at radius 2 is 1.79 bits per heavy atom. The molecular weight excluding hydrogens is 400 g/mol. The van der Waals surface area contributed by atoms with Gasteiger partial charge in [0.05, 0.1) is 19.8 Å². The molecule has 0 bridgehead atoms. The highest BCUT2D eigenvalue weighted by Crippen LogP contribution is 2.20. The zero-order valence-corrected chi connectivity index (χ0v) is 17.2. The molecule has 2 aliphatic heterocycles. The molecule has 29 heavy (non-hydrogen) atoms. The number of nitrogens with zero attached hydrogens (tertiary/aromatic N) is 4. The number of anilines is 1. The summed E-state index contributed by atoms with van der Waals surface area (Å²) in [5, 5.41) is 4.58. The smallest absolute Gasteiger partial charge is 0.321 e. The molecule has 3 rings (SSSR count). The van der Waals surface area contributed by atoms with Gasteiger partial charge in [-0.05, 0) is 12.1 Å². The Morgan fingerprint density at radius 3 is 2.38 bits per heavy atom. The summed E-state index contributed by atoms with van der Waals surface area (Å²) < 4.78 is 31.9. The van der Waals surface area contributed by atoms with Gasteiger partial charge >= 0.3 is 6.03 Å². The van der Waals surface area contributed by atoms with E-state index in [4.69, 9.17) is 4.74 Å². The maximum Gasteiger partial charge on any atom is 0.321 e. The van der Waals surface area contributed by atoms with E-state index >= 15 is 0 Å². The van der Waals surface area contributed by atoms with Crippen LogP contribution in [0.15, 0.2) is 23.2 Å². The number of urea groups is 1. The van der Waals surface area contributed by atoms with E-state index < -0.39 is 16.1 Å². The molecule has 0 atom stereocenters. The predicted molar refractivity (Wildman–Crippen MR) is 105 cm³/mol. The highest BCUT2D eigenvalue weighted by molar-refractivity contribution is 7.89. The van der Waals surface area contributed by atoms with Crippen LogP contribution in [0.3, 0.4) is 0 Å². The minimum Gasteiger partial charge on any atom is -0.379 e. The van der Waals surface area contributed by atoms with Crippen LogP contribution in [0.5, 0.6) is 0 Å². The molecule has 2 fully saturated rings. The Hall–Kier alpha value is -2.28. The second-order valence-corrected chi connectivity index (χ2v) is 8.70. The van der Waals surface area contributed by atoms with Gasteiger partial charge in [-0.2, -0.15) is 4.31 Å². The largest absolute Gasteiger partial charge is 0.379 e. The van der Waals surface area contributed by atoms with Crippen molar-refractivity contribution in [2.75, 3.05) is 71.0 Å². The van der Waals surface area contributed by atoms with Crippen molar-refractivity contribution in [3.63, 3.8) is 0 Å². The van der Waals surface area contributed by atoms with Gasteiger partial charge in [0.2, 0.25) is 15.9 Å². The van der Waals surface area contributed by atoms with Gasteiger partial charge in [-0.25, -0.2) is 18.2 Å². The third-order valence-electron chi connectivity index (χ3n) is 4.87. The van der Waals surface area contributed by atoms with Crippen LogP contribution in [0.25, 0.3) is 0 Å². The molecule has 1 aromatic heterocycles. The van der Waals surface area contributed by atoms with Crippen molar-refractivity contribution in [2.24, 2.45) is 0 Å². The van der Waals surface area contributed by atoms with Gasteiger partial charge in [0.15, 0.2) is 0 Å². The molecule has 1 aromatic rings. The number of nitrogens with one attached hydrogen (secondary N) is 2. The van der Waals surface area contributed by atoms with E-state index in [-0.39, 0.29) is 17.3 Å². The molecule has 3 amide bonds. The Bertz CT molecular complexity index is 817. The molecule has 0 aromatic carbocycles. The number of amides is 3. The summed E-state index contributed by atoms with van der Waals surface area (Å²) in [5.41, 5.74) is 0. The lowest BCUT2D eigenvalue weighted by Crippen LogP contribution is -2.51. The number of imide groups is 1. The molecule has 11 nitrogen and oxygen atoms in total. The summed E-state index contributed by atoms with van der Waals surface area (Å²) in [4.78, 5) is 31.5. The van der Waals surface area contributed by atoms with Gasteiger partial charge in [0.25, 0.3) is 0 Å². The maximum absolute atomic E-state index is 12.7. The van der Waals surface area contributed by atoms with E-state index in [9.17, 15) is 18.0 Å². The standard InChI is InChI=1S/C17H26N6O5S/c1-18-17(25)20-16(24)13-21-4-6-22(7-5-21)15-3-2-14(12-19-15)29(26,27)23-8-10-28-11-9-23/h2-3,12H,4-11,13H2,1H3,(H2,18,20,24,25). The molecule has 0 spiro atoms. The summed E-state index contributed by atoms with van der Waals surface area (Å²) in [6, 6.07) is 2.77. The average Bonchev–Trinajstić information content (AvgIpc) is 2.75. The quantitative estimate of drug-likeness (QED) is 0.594. The van der Waals surface area contributed by atoms with Crippen LogP contribution in [-0.2, 0) is 19.6 Å². The summed E-state index contributed by atoms with van der Waals surface area (Å²) >= 11 is 0. The SMILES string of the molecule is CNC(=O)NC(=O)CN1CCN(c2ccc(S(=O)(=O)N3CCOCC3)cn2)CC1. The molecule has 2 N–H and O–H groups in total. The van der Waals surface area contributed by atoms with E-state index in [2.05, 4.69) is 15.6 Å². The van der Waals surface area contributed by atoms with Crippen LogP contribution in [0.2, 0.25) is 0 Å². The Morgan fingerprint density at radius 1 is 1.10 bits per heavy atom. The molecular formula is C17H26N6O5S. The van der Waals surface area contributed by atoms with Crippen LogP contribution in [0, 0.1) is 0 Å². The third-order valence-corrected chi connectivity index (χ3v) is 6.75. The normalized spacial score (nSPS) is 19.0. The van der Waals surface area contributed by atoms with E-state index in [1.165, 1.54) is 17.5 Å². The molecule has 0 aliphatic carbocycles. The van der Waals surface area contributed by atoms with Gasteiger partial charge in [-0.15, -0.1) is 0 Å². The number of pyridine rings is 1. The summed E-state index contributed by atoms with van der Waals surface area (Å²) in [5.74, 6) is 0.342. The van der Waals surface area contributed by atoms with E-state index in [1.807, 2.05) is 9.80 Å². The van der Waals surface area contributed by atoms with E-state index in [1.54, 1.807) is 12.1 Å². The number of morpholine rings is 1. The number of aromatic nitrogens is 1. The molecule has 3 heterocycles. The van der Waals surface area contributed by atoms with Crippen molar-refractivity contribution in [1.82, 2.24) is 24.8 Å². The first-order valence-electron chi connectivity index (χ1n) is 9.43. The summed E-state index contributed by atoms with van der Waals surface area (Å²) in [7, 11) is -2.11. The Kier molecular flexibility index (Phi) is 7.00. The first kappa shape index (κ1) is 21.4. The zero-order valence-electron chi connectivity index (χ0n) is 16.3. The number of piperazine rings is 1. The van der Waals surface area contributed by atoms with E-state index in [0.717, 1.165) is 0 Å². The number of hydrogen-bond acceptors (Lipinski definition) is 8. The lowest BCUT2D eigenvalue weighted by molar-refractivity contribution is -0.121. The van der Waals surface area contributed by atoms with Gasteiger partial charge in [-0.1, -0.05) is 0 Å². The number of hydrogen-bond donors (Lipinski definition) is 2. The molecule has 0 radical (unpaired) electrons. The zero-order chi connectivity index (χ0) is 20.9. The van der Waals surface area contributed by atoms with Crippen molar-refractivity contribution in [2.45, 2.75) is 4.90 Å². The Balaban J connectivity index is 1.54. The number of carbonyl (C=O) groups is 2. The van der Waals surface area contributed by atoms with Crippen LogP contribution in [0.1, 0.15) is 0 Å². The Labute approximate surface area is 170 Å². The molecule has 0 saturated carbocycles. The lowest BCUT2D eigenvalue weighted by Gasteiger charge is -2.35. The fourth-order valence-electron chi connectivity index (χ4n) is 3.21. The first-order chi connectivity index (χ1) is 13.9. The topological polar surface area (TPSA) is 124 Å². The van der Waals surface area contributed by atoms with Crippen LogP contribution >= 0.6 is 0 Å². The van der Waals surface area contributed by atoms with Crippen molar-refractivity contribution in [3.05, 3.63) is 18.3 Å². The number of carbonyl (C=O) groups excluding carboxylic acids is 2. The van der Waals surface area contributed by atoms with Crippen LogP contribution in [-0.4, -0.2) is 101 Å². The first-order valence-corrected chi connectivity index (χ1v) is 10.9. The van der Waals surface area contributed by atoms with Gasteiger partial charge in [0, 0.05) is 52.5 Å². The highest BCUT2D eigenvalue weighted by atomic mass is 32.2. The molecule has 12 heteroatoms. The van der Waals surface area contributed by atoms with Gasteiger partial charge < -0.3 is 15.0 Å². The number of sulfonamides is 1. The predicted octanol–water partition coefficient (Wildman–Crippen LogP) is -1.32. The monoisotopic (exact) mass is 426 g/mol. The molecule has 0 unspecified atom stereocenters. The van der Waals surface area contributed by atoms with Crippen molar-refractivity contribution in [3.8, 4) is 0 Å². The maximum atomic E-state index is 12.7. The van der Waals surface area contributed by atoms with Crippen molar-refractivity contribution < 1.29 is 22.7 Å². The fraction of sp³-hybridized carbons (Fsp3) is 0.588.